The Balaban J connectivity index is 2.45. The maximum absolute atomic E-state index is 11.6. The molecule has 90 valence electrons. The first kappa shape index (κ1) is 13.1. The summed E-state index contributed by atoms with van der Waals surface area (Å²) in [6, 6.07) is -0.0489. The summed E-state index contributed by atoms with van der Waals surface area (Å²) >= 11 is 1.50. The van der Waals surface area contributed by atoms with Crippen LogP contribution in [-0.2, 0) is 4.79 Å². The number of nitrogens with one attached hydrogen (secondary N) is 1. The van der Waals surface area contributed by atoms with Gasteiger partial charge in [-0.3, -0.25) is 4.79 Å². The summed E-state index contributed by atoms with van der Waals surface area (Å²) in [5.41, 5.74) is 6.77. The van der Waals surface area contributed by atoms with Gasteiger partial charge in [-0.05, 0) is 20.3 Å². The Hall–Kier alpha value is -0.940. The minimum absolute atomic E-state index is 0.0466. The molecule has 1 unspecified atom stereocenters. The quantitative estimate of drug-likeness (QED) is 0.830. The number of hydrogen-bond donors (Lipinski definition) is 2. The van der Waals surface area contributed by atoms with Crippen LogP contribution in [0.2, 0.25) is 0 Å². The summed E-state index contributed by atoms with van der Waals surface area (Å²) < 4.78 is 0. The molecule has 0 aliphatic heterocycles. The number of thiazole rings is 1. The molecule has 1 rings (SSSR count). The number of nitrogens with zero attached hydrogens (tertiary/aromatic N) is 1. The Morgan fingerprint density at radius 2 is 2.25 bits per heavy atom. The van der Waals surface area contributed by atoms with E-state index in [-0.39, 0.29) is 11.9 Å². The molecule has 0 bridgehead atoms. The molecule has 0 saturated heterocycles. The maximum Gasteiger partial charge on any atom is 0.227 e. The van der Waals surface area contributed by atoms with Gasteiger partial charge in [0.1, 0.15) is 0 Å². The van der Waals surface area contributed by atoms with E-state index in [0.717, 1.165) is 23.4 Å². The topological polar surface area (TPSA) is 68.0 Å². The molecular formula is C11H19N3OS. The molecule has 0 radical (unpaired) electrons. The predicted molar refractivity (Wildman–Crippen MR) is 67.7 cm³/mol. The number of aromatic nitrogens is 1. The molecule has 1 amide bonds. The van der Waals surface area contributed by atoms with E-state index in [1.165, 1.54) is 11.3 Å². The summed E-state index contributed by atoms with van der Waals surface area (Å²) in [6.07, 6.45) is 2.25. The van der Waals surface area contributed by atoms with Crippen molar-refractivity contribution in [1.82, 2.24) is 4.98 Å². The molecule has 1 aromatic rings. The van der Waals surface area contributed by atoms with E-state index in [1.54, 1.807) is 0 Å². The summed E-state index contributed by atoms with van der Waals surface area (Å²) in [7, 11) is 0. The minimum Gasteiger partial charge on any atom is -0.327 e. The van der Waals surface area contributed by atoms with Gasteiger partial charge in [0, 0.05) is 17.3 Å². The van der Waals surface area contributed by atoms with Gasteiger partial charge in [-0.1, -0.05) is 13.3 Å². The van der Waals surface area contributed by atoms with Crippen molar-refractivity contribution in [2.45, 2.75) is 46.1 Å². The van der Waals surface area contributed by atoms with Gasteiger partial charge >= 0.3 is 0 Å². The maximum atomic E-state index is 11.6. The van der Waals surface area contributed by atoms with Crippen molar-refractivity contribution < 1.29 is 4.79 Å². The van der Waals surface area contributed by atoms with Crippen molar-refractivity contribution in [3.8, 4) is 0 Å². The fourth-order valence-corrected chi connectivity index (χ4v) is 2.24. The summed E-state index contributed by atoms with van der Waals surface area (Å²) in [4.78, 5) is 17.0. The van der Waals surface area contributed by atoms with Crippen LogP contribution in [0.5, 0.6) is 0 Å². The fourth-order valence-electron chi connectivity index (χ4n) is 1.41. The third-order valence-electron chi connectivity index (χ3n) is 2.38. The first-order valence-corrected chi connectivity index (χ1v) is 6.34. The second kappa shape index (κ2) is 5.96. The number of carbonyl (C=O) groups is 1. The van der Waals surface area contributed by atoms with E-state index >= 15 is 0 Å². The van der Waals surface area contributed by atoms with E-state index in [2.05, 4.69) is 17.2 Å². The lowest BCUT2D eigenvalue weighted by Gasteiger charge is -2.08. The first-order valence-electron chi connectivity index (χ1n) is 5.52. The molecular weight excluding hydrogens is 222 g/mol. The highest BCUT2D eigenvalue weighted by molar-refractivity contribution is 7.15. The Morgan fingerprint density at radius 1 is 1.56 bits per heavy atom. The minimum atomic E-state index is -0.0489. The molecule has 0 saturated carbocycles. The van der Waals surface area contributed by atoms with Crippen molar-refractivity contribution in [3.05, 3.63) is 10.6 Å². The zero-order chi connectivity index (χ0) is 12.1. The van der Waals surface area contributed by atoms with Gasteiger partial charge in [-0.15, -0.1) is 11.3 Å². The van der Waals surface area contributed by atoms with E-state index < -0.39 is 0 Å². The summed E-state index contributed by atoms with van der Waals surface area (Å²) in [5.74, 6) is -0.0466. The van der Waals surface area contributed by atoms with E-state index in [9.17, 15) is 4.79 Å². The Morgan fingerprint density at radius 3 is 2.75 bits per heavy atom. The van der Waals surface area contributed by atoms with Crippen LogP contribution in [0.4, 0.5) is 5.13 Å². The third-order valence-corrected chi connectivity index (χ3v) is 3.37. The van der Waals surface area contributed by atoms with Gasteiger partial charge in [0.25, 0.3) is 0 Å². The summed E-state index contributed by atoms with van der Waals surface area (Å²) in [5, 5.41) is 3.45. The first-order chi connectivity index (χ1) is 7.52. The number of amides is 1. The molecule has 0 aromatic carbocycles. The second-order valence-electron chi connectivity index (χ2n) is 3.96. The SMILES string of the molecule is CCCC(N)CC(=O)Nc1nc(C)c(C)s1. The lowest BCUT2D eigenvalue weighted by atomic mass is 10.1. The lowest BCUT2D eigenvalue weighted by Crippen LogP contribution is -2.26. The van der Waals surface area contributed by atoms with Crippen LogP contribution in [0, 0.1) is 13.8 Å². The Bertz CT molecular complexity index is 343. The highest BCUT2D eigenvalue weighted by Gasteiger charge is 2.11. The van der Waals surface area contributed by atoms with Gasteiger partial charge in [0.05, 0.1) is 5.69 Å². The van der Waals surface area contributed by atoms with E-state index in [0.29, 0.717) is 11.6 Å². The van der Waals surface area contributed by atoms with Crippen LogP contribution in [0.3, 0.4) is 0 Å². The average Bonchev–Trinajstić information content (AvgIpc) is 2.45. The number of carbonyl (C=O) groups excluding carboxylic acids is 1. The second-order valence-corrected chi connectivity index (χ2v) is 5.16. The standard InChI is InChI=1S/C11H19N3OS/c1-4-5-9(12)6-10(15)14-11-13-7(2)8(3)16-11/h9H,4-6,12H2,1-3H3,(H,13,14,15). The largest absolute Gasteiger partial charge is 0.327 e. The monoisotopic (exact) mass is 241 g/mol. The van der Waals surface area contributed by atoms with Gasteiger partial charge < -0.3 is 11.1 Å². The van der Waals surface area contributed by atoms with Gasteiger partial charge in [-0.25, -0.2) is 4.98 Å². The molecule has 1 aromatic heterocycles. The van der Waals surface area contributed by atoms with Crippen molar-refractivity contribution >= 4 is 22.4 Å². The highest BCUT2D eigenvalue weighted by Crippen LogP contribution is 2.21. The molecule has 16 heavy (non-hydrogen) atoms. The number of rotatable bonds is 5. The van der Waals surface area contributed by atoms with Crippen LogP contribution in [0.15, 0.2) is 0 Å². The van der Waals surface area contributed by atoms with Gasteiger partial charge in [0.2, 0.25) is 5.91 Å². The molecule has 4 nitrogen and oxygen atoms in total. The molecule has 1 heterocycles. The molecule has 0 aliphatic rings. The smallest absolute Gasteiger partial charge is 0.227 e. The van der Waals surface area contributed by atoms with Crippen molar-refractivity contribution in [3.63, 3.8) is 0 Å². The van der Waals surface area contributed by atoms with E-state index in [4.69, 9.17) is 5.73 Å². The normalized spacial score (nSPS) is 12.5. The Labute approximate surface area is 100 Å². The number of nitrogens with two attached hydrogens (primary N) is 1. The Kier molecular flexibility index (Phi) is 4.89. The highest BCUT2D eigenvalue weighted by atomic mass is 32.1. The average molecular weight is 241 g/mol. The molecule has 1 atom stereocenters. The fraction of sp³-hybridized carbons (Fsp3) is 0.636. The molecule has 0 fully saturated rings. The molecule has 0 aliphatic carbocycles. The van der Waals surface area contributed by atoms with Crippen molar-refractivity contribution in [2.75, 3.05) is 5.32 Å². The van der Waals surface area contributed by atoms with Crippen LogP contribution in [0.25, 0.3) is 0 Å². The van der Waals surface area contributed by atoms with Gasteiger partial charge in [-0.2, -0.15) is 0 Å². The zero-order valence-electron chi connectivity index (χ0n) is 10.0. The number of aryl methyl sites for hydroxylation is 2. The van der Waals surface area contributed by atoms with Crippen LogP contribution >= 0.6 is 11.3 Å². The summed E-state index contributed by atoms with van der Waals surface area (Å²) in [6.45, 7) is 5.99. The van der Waals surface area contributed by atoms with Crippen LogP contribution in [-0.4, -0.2) is 16.9 Å². The molecule has 3 N–H and O–H groups in total. The predicted octanol–water partition coefficient (Wildman–Crippen LogP) is 2.22. The van der Waals surface area contributed by atoms with Crippen molar-refractivity contribution in [1.29, 1.82) is 0 Å². The zero-order valence-corrected chi connectivity index (χ0v) is 10.9. The van der Waals surface area contributed by atoms with Crippen LogP contribution < -0.4 is 11.1 Å². The molecule has 0 spiro atoms. The van der Waals surface area contributed by atoms with Crippen molar-refractivity contribution in [2.24, 2.45) is 5.73 Å². The third kappa shape index (κ3) is 3.90. The van der Waals surface area contributed by atoms with E-state index in [1.807, 2.05) is 13.8 Å². The van der Waals surface area contributed by atoms with Gasteiger partial charge in [0.15, 0.2) is 5.13 Å². The molecule has 5 heteroatoms. The number of anilines is 1. The number of hydrogen-bond acceptors (Lipinski definition) is 4. The van der Waals surface area contributed by atoms with Crippen LogP contribution in [0.1, 0.15) is 36.8 Å². The lowest BCUT2D eigenvalue weighted by molar-refractivity contribution is -0.116.